The molecule has 1 atom stereocenters. The third-order valence-corrected chi connectivity index (χ3v) is 5.14. The van der Waals surface area contributed by atoms with E-state index >= 15 is 0 Å². The Balaban J connectivity index is 2.00. The summed E-state index contributed by atoms with van der Waals surface area (Å²) in [6, 6.07) is 0. The largest absolute Gasteiger partial charge is 0.383 e. The van der Waals surface area contributed by atoms with Crippen LogP contribution in [0.25, 0.3) is 6.08 Å². The Morgan fingerprint density at radius 3 is 2.70 bits per heavy atom. The van der Waals surface area contributed by atoms with Gasteiger partial charge in [-0.2, -0.15) is 0 Å². The topological polar surface area (TPSA) is 79.6 Å². The Bertz CT molecular complexity index is 795. The van der Waals surface area contributed by atoms with Crippen molar-refractivity contribution >= 4 is 29.9 Å². The van der Waals surface area contributed by atoms with Crippen LogP contribution in [0, 0.1) is 10.2 Å². The van der Waals surface area contributed by atoms with E-state index in [2.05, 4.69) is 33.9 Å². The molecule has 122 valence electrons. The van der Waals surface area contributed by atoms with Crippen molar-refractivity contribution in [2.45, 2.75) is 38.8 Å². The number of rotatable bonds is 3. The molecule has 0 amide bonds. The number of aromatic nitrogens is 5. The summed E-state index contributed by atoms with van der Waals surface area (Å²) in [6.45, 7) is 4.42. The summed E-state index contributed by atoms with van der Waals surface area (Å²) in [5.74, 6) is 0.536. The van der Waals surface area contributed by atoms with Gasteiger partial charge in [0.25, 0.3) is 0 Å². The maximum atomic E-state index is 11.4. The summed E-state index contributed by atoms with van der Waals surface area (Å²) in [5, 5.41) is 14.9. The van der Waals surface area contributed by atoms with Gasteiger partial charge in [-0.25, -0.2) is 15.0 Å². The second-order valence-electron chi connectivity index (χ2n) is 6.43. The van der Waals surface area contributed by atoms with Crippen molar-refractivity contribution in [1.29, 1.82) is 0 Å². The fraction of sp³-hybridized carbons (Fsp3) is 0.467. The zero-order chi connectivity index (χ0) is 16.7. The Morgan fingerprint density at radius 2 is 2.09 bits per heavy atom. The zero-order valence-corrected chi connectivity index (χ0v) is 14.5. The van der Waals surface area contributed by atoms with E-state index in [1.54, 1.807) is 17.1 Å². The highest BCUT2D eigenvalue weighted by Crippen LogP contribution is 2.50. The predicted molar refractivity (Wildman–Crippen MR) is 90.4 cm³/mol. The molecule has 2 N–H and O–H groups in total. The normalized spacial score (nSPS) is 25.1. The Kier molecular flexibility index (Phi) is 4.12. The molecule has 2 heterocycles. The number of nitrogens with zero attached hydrogens (tertiary/aromatic N) is 4. The Hall–Kier alpha value is -1.57. The molecule has 1 unspecified atom stereocenters. The summed E-state index contributed by atoms with van der Waals surface area (Å²) in [7, 11) is 0. The smallest absolute Gasteiger partial charge is 0.215 e. The van der Waals surface area contributed by atoms with Crippen LogP contribution in [0.1, 0.15) is 32.5 Å². The molecule has 1 fully saturated rings. The predicted octanol–water partition coefficient (Wildman–Crippen LogP) is 3.02. The maximum Gasteiger partial charge on any atom is 0.215 e. The standard InChI is InChI=1S/C15H18ClN5OS/c1-14(2)4-3-10(5-12-17-6-11(16)7-18-12)15(14,22)8-21-13(23)19-9-20-21/h5-7,9,22H,3-4,8H2,1-2H3,(H,19,20,23)/b10-5+. The van der Waals surface area contributed by atoms with Gasteiger partial charge in [0, 0.05) is 12.4 Å². The van der Waals surface area contributed by atoms with Gasteiger partial charge in [-0.05, 0) is 42.1 Å². The molecule has 3 rings (SSSR count). The van der Waals surface area contributed by atoms with E-state index in [-0.39, 0.29) is 5.41 Å². The van der Waals surface area contributed by atoms with Crippen LogP contribution in [0.15, 0.2) is 24.3 Å². The number of halogens is 1. The van der Waals surface area contributed by atoms with Crippen molar-refractivity contribution in [1.82, 2.24) is 24.7 Å². The van der Waals surface area contributed by atoms with E-state index in [9.17, 15) is 5.11 Å². The van der Waals surface area contributed by atoms with E-state index in [0.29, 0.717) is 22.2 Å². The molecular weight excluding hydrogens is 334 g/mol. The van der Waals surface area contributed by atoms with E-state index in [4.69, 9.17) is 23.8 Å². The Morgan fingerprint density at radius 1 is 1.39 bits per heavy atom. The van der Waals surface area contributed by atoms with Crippen LogP contribution in [0.5, 0.6) is 0 Å². The van der Waals surface area contributed by atoms with Crippen LogP contribution in [-0.2, 0) is 6.54 Å². The average Bonchev–Trinajstić information content (AvgIpc) is 2.98. The second kappa shape index (κ2) is 5.81. The van der Waals surface area contributed by atoms with Gasteiger partial charge < -0.3 is 5.11 Å². The molecule has 0 radical (unpaired) electrons. The van der Waals surface area contributed by atoms with E-state index < -0.39 is 5.60 Å². The highest BCUT2D eigenvalue weighted by Gasteiger charge is 2.51. The molecule has 0 spiro atoms. The lowest BCUT2D eigenvalue weighted by Gasteiger charge is -2.37. The van der Waals surface area contributed by atoms with Crippen LogP contribution in [0.4, 0.5) is 0 Å². The fourth-order valence-electron chi connectivity index (χ4n) is 2.98. The van der Waals surface area contributed by atoms with Crippen LogP contribution in [-0.4, -0.2) is 35.4 Å². The molecule has 2 aromatic rings. The molecule has 0 bridgehead atoms. The van der Waals surface area contributed by atoms with Crippen molar-refractivity contribution in [3.8, 4) is 0 Å². The lowest BCUT2D eigenvalue weighted by atomic mass is 9.76. The molecule has 2 aromatic heterocycles. The molecular formula is C15H18ClN5OS. The lowest BCUT2D eigenvalue weighted by Crippen LogP contribution is -2.45. The van der Waals surface area contributed by atoms with Crippen molar-refractivity contribution in [2.75, 3.05) is 0 Å². The molecule has 0 aromatic carbocycles. The van der Waals surface area contributed by atoms with Gasteiger partial charge in [-0.15, -0.1) is 0 Å². The first-order chi connectivity index (χ1) is 10.8. The van der Waals surface area contributed by atoms with Crippen molar-refractivity contribution in [3.05, 3.63) is 39.9 Å². The second-order valence-corrected chi connectivity index (χ2v) is 7.23. The van der Waals surface area contributed by atoms with E-state index in [0.717, 1.165) is 18.4 Å². The summed E-state index contributed by atoms with van der Waals surface area (Å²) < 4.78 is 2.10. The number of nitrogens with one attached hydrogen (secondary N) is 1. The van der Waals surface area contributed by atoms with Gasteiger partial charge in [0.05, 0.1) is 11.6 Å². The molecule has 8 heteroatoms. The van der Waals surface area contributed by atoms with Gasteiger partial charge in [-0.3, -0.25) is 9.78 Å². The zero-order valence-electron chi connectivity index (χ0n) is 13.0. The number of aromatic amines is 1. The van der Waals surface area contributed by atoms with Crippen LogP contribution in [0.2, 0.25) is 5.02 Å². The summed E-state index contributed by atoms with van der Waals surface area (Å²) in [6.07, 6.45) is 8.10. The molecule has 6 nitrogen and oxygen atoms in total. The number of hydrogen-bond donors (Lipinski definition) is 2. The third kappa shape index (κ3) is 2.96. The molecule has 0 saturated heterocycles. The highest BCUT2D eigenvalue weighted by atomic mass is 35.5. The SMILES string of the molecule is CC1(C)CC/C(=C\c2ncc(Cl)cn2)C1(O)Cn1[nH]cnc1=S. The van der Waals surface area contributed by atoms with Crippen molar-refractivity contribution in [2.24, 2.45) is 5.41 Å². The molecule has 1 aliphatic carbocycles. The first-order valence-corrected chi connectivity index (χ1v) is 8.12. The minimum absolute atomic E-state index is 0.300. The first-order valence-electron chi connectivity index (χ1n) is 7.33. The van der Waals surface area contributed by atoms with Crippen LogP contribution >= 0.6 is 23.8 Å². The van der Waals surface area contributed by atoms with Gasteiger partial charge in [0.2, 0.25) is 4.77 Å². The summed E-state index contributed by atoms with van der Waals surface area (Å²) in [5.41, 5.74) is -0.465. The lowest BCUT2D eigenvalue weighted by molar-refractivity contribution is -0.0301. The molecule has 0 aliphatic heterocycles. The van der Waals surface area contributed by atoms with Gasteiger partial charge in [0.15, 0.2) is 5.82 Å². The molecule has 1 saturated carbocycles. The monoisotopic (exact) mass is 351 g/mol. The quantitative estimate of drug-likeness (QED) is 0.831. The van der Waals surface area contributed by atoms with Gasteiger partial charge in [-0.1, -0.05) is 25.4 Å². The maximum absolute atomic E-state index is 11.4. The summed E-state index contributed by atoms with van der Waals surface area (Å²) >= 11 is 11.0. The third-order valence-electron chi connectivity index (χ3n) is 4.62. The number of hydrogen-bond acceptors (Lipinski definition) is 5. The molecule has 1 aliphatic rings. The van der Waals surface area contributed by atoms with Crippen LogP contribution in [0.3, 0.4) is 0 Å². The van der Waals surface area contributed by atoms with E-state index in [1.165, 1.54) is 6.33 Å². The highest BCUT2D eigenvalue weighted by molar-refractivity contribution is 7.71. The number of H-pyrrole nitrogens is 1. The molecule has 23 heavy (non-hydrogen) atoms. The van der Waals surface area contributed by atoms with Gasteiger partial charge in [0.1, 0.15) is 11.9 Å². The van der Waals surface area contributed by atoms with Gasteiger partial charge >= 0.3 is 0 Å². The first kappa shape index (κ1) is 16.3. The minimum atomic E-state index is -1.05. The van der Waals surface area contributed by atoms with Crippen LogP contribution < -0.4 is 0 Å². The minimum Gasteiger partial charge on any atom is -0.383 e. The van der Waals surface area contributed by atoms with E-state index in [1.807, 2.05) is 6.08 Å². The summed E-state index contributed by atoms with van der Waals surface area (Å²) in [4.78, 5) is 12.4. The number of aliphatic hydroxyl groups is 1. The van der Waals surface area contributed by atoms with Crippen molar-refractivity contribution in [3.63, 3.8) is 0 Å². The fourth-order valence-corrected chi connectivity index (χ4v) is 3.24. The van der Waals surface area contributed by atoms with Crippen molar-refractivity contribution < 1.29 is 5.11 Å². The average molecular weight is 352 g/mol. The Labute approximate surface area is 144 Å².